The summed E-state index contributed by atoms with van der Waals surface area (Å²) in [6.45, 7) is 0.187. The highest BCUT2D eigenvalue weighted by molar-refractivity contribution is 7.92. The van der Waals surface area contributed by atoms with Crippen LogP contribution < -0.4 is 10.0 Å². The average molecular weight is 415 g/mol. The van der Waals surface area contributed by atoms with Gasteiger partial charge in [-0.1, -0.05) is 6.07 Å². The number of sulfonamides is 1. The predicted molar refractivity (Wildman–Crippen MR) is 100 cm³/mol. The molecule has 9 nitrogen and oxygen atoms in total. The minimum absolute atomic E-state index is 0.0314. The third-order valence-corrected chi connectivity index (χ3v) is 6.97. The number of sulfone groups is 1. The van der Waals surface area contributed by atoms with Gasteiger partial charge in [-0.15, -0.1) is 0 Å². The summed E-state index contributed by atoms with van der Waals surface area (Å²) < 4.78 is 48.2. The van der Waals surface area contributed by atoms with E-state index in [2.05, 4.69) is 10.0 Å². The highest BCUT2D eigenvalue weighted by Gasteiger charge is 2.41. The molecule has 0 spiro atoms. The third kappa shape index (κ3) is 4.98. The van der Waals surface area contributed by atoms with E-state index >= 15 is 0 Å². The largest absolute Gasteiger partial charge is 0.338 e. The molecule has 2 amide bonds. The summed E-state index contributed by atoms with van der Waals surface area (Å²) in [4.78, 5) is 26.2. The lowest BCUT2D eigenvalue weighted by Gasteiger charge is -2.23. The van der Waals surface area contributed by atoms with E-state index in [0.29, 0.717) is 17.8 Å². The number of anilines is 2. The molecule has 0 aromatic heterocycles. The second-order valence-corrected chi connectivity index (χ2v) is 10.9. The number of carbonyl (C=O) groups is 2. The Bertz CT molecular complexity index is 974. The van der Waals surface area contributed by atoms with Gasteiger partial charge in [0.2, 0.25) is 21.8 Å². The van der Waals surface area contributed by atoms with Crippen LogP contribution in [-0.4, -0.2) is 63.9 Å². The standard InChI is InChI=1S/C16H21N3O6S2/c1-26(22,23)18-13-4-2-3-12(8-13)17-16(21)11-7-15(20)19(9-11)14-5-6-27(24,25)10-14/h2-4,8,11,14,18H,5-7,9-10H2,1H3,(H,17,21)/t11-,14-/m0/s1. The molecular weight excluding hydrogens is 394 g/mol. The van der Waals surface area contributed by atoms with E-state index in [1.54, 1.807) is 18.2 Å². The van der Waals surface area contributed by atoms with Gasteiger partial charge >= 0.3 is 0 Å². The zero-order valence-electron chi connectivity index (χ0n) is 14.7. The Labute approximate surface area is 158 Å². The first kappa shape index (κ1) is 19.6. The number of benzene rings is 1. The molecule has 2 atom stereocenters. The number of hydrogen-bond acceptors (Lipinski definition) is 6. The first-order valence-corrected chi connectivity index (χ1v) is 12.1. The van der Waals surface area contributed by atoms with Crippen LogP contribution in [0.4, 0.5) is 11.4 Å². The van der Waals surface area contributed by atoms with Crippen molar-refractivity contribution in [2.24, 2.45) is 5.92 Å². The number of nitrogens with zero attached hydrogens (tertiary/aromatic N) is 1. The lowest BCUT2D eigenvalue weighted by Crippen LogP contribution is -2.38. The monoisotopic (exact) mass is 415 g/mol. The predicted octanol–water partition coefficient (Wildman–Crippen LogP) is 0.0322. The molecule has 0 aliphatic carbocycles. The van der Waals surface area contributed by atoms with Crippen molar-refractivity contribution in [2.75, 3.05) is 34.3 Å². The number of nitrogens with one attached hydrogen (secondary N) is 2. The minimum Gasteiger partial charge on any atom is -0.338 e. The van der Waals surface area contributed by atoms with Crippen LogP contribution in [0, 0.1) is 5.92 Å². The van der Waals surface area contributed by atoms with Gasteiger partial charge in [0.1, 0.15) is 0 Å². The molecule has 1 aromatic carbocycles. The number of likely N-dealkylation sites (tertiary alicyclic amines) is 1. The molecule has 0 unspecified atom stereocenters. The topological polar surface area (TPSA) is 130 Å². The second-order valence-electron chi connectivity index (χ2n) is 6.95. The van der Waals surface area contributed by atoms with Crippen LogP contribution in [0.25, 0.3) is 0 Å². The van der Waals surface area contributed by atoms with Gasteiger partial charge in [0, 0.05) is 24.7 Å². The van der Waals surface area contributed by atoms with E-state index in [0.717, 1.165) is 6.26 Å². The molecule has 11 heteroatoms. The van der Waals surface area contributed by atoms with Crippen LogP contribution in [0.5, 0.6) is 0 Å². The van der Waals surface area contributed by atoms with Crippen molar-refractivity contribution in [1.82, 2.24) is 4.90 Å². The molecule has 3 rings (SSSR count). The number of hydrogen-bond donors (Lipinski definition) is 2. The van der Waals surface area contributed by atoms with E-state index in [1.165, 1.54) is 11.0 Å². The Morgan fingerprint density at radius 3 is 2.59 bits per heavy atom. The Kier molecular flexibility index (Phi) is 5.17. The van der Waals surface area contributed by atoms with Crippen LogP contribution in [0.2, 0.25) is 0 Å². The van der Waals surface area contributed by atoms with Gasteiger partial charge in [0.05, 0.1) is 29.4 Å². The fourth-order valence-corrected chi connectivity index (χ4v) is 5.69. The lowest BCUT2D eigenvalue weighted by atomic mass is 10.1. The fraction of sp³-hybridized carbons (Fsp3) is 0.500. The molecular formula is C16H21N3O6S2. The van der Waals surface area contributed by atoms with Crippen LogP contribution in [0.3, 0.4) is 0 Å². The fourth-order valence-electron chi connectivity index (χ4n) is 3.40. The summed E-state index contributed by atoms with van der Waals surface area (Å²) in [5.41, 5.74) is 0.721. The zero-order valence-corrected chi connectivity index (χ0v) is 16.3. The summed E-state index contributed by atoms with van der Waals surface area (Å²) in [7, 11) is -6.55. The minimum atomic E-state index is -3.43. The lowest BCUT2D eigenvalue weighted by molar-refractivity contribution is -0.129. The van der Waals surface area contributed by atoms with Crippen molar-refractivity contribution < 1.29 is 26.4 Å². The normalized spacial score (nSPS) is 24.8. The van der Waals surface area contributed by atoms with Crippen LogP contribution >= 0.6 is 0 Å². The Hall–Kier alpha value is -2.14. The summed E-state index contributed by atoms with van der Waals surface area (Å²) in [5, 5.41) is 2.69. The van der Waals surface area contributed by atoms with Gasteiger partial charge < -0.3 is 10.2 Å². The van der Waals surface area contributed by atoms with Gasteiger partial charge in [-0.25, -0.2) is 16.8 Å². The molecule has 27 heavy (non-hydrogen) atoms. The van der Waals surface area contributed by atoms with Crippen molar-refractivity contribution in [1.29, 1.82) is 0 Å². The number of rotatable bonds is 5. The quantitative estimate of drug-likeness (QED) is 0.698. The van der Waals surface area contributed by atoms with E-state index in [4.69, 9.17) is 0 Å². The molecule has 2 saturated heterocycles. The molecule has 0 radical (unpaired) electrons. The van der Waals surface area contributed by atoms with Crippen molar-refractivity contribution in [3.63, 3.8) is 0 Å². The molecule has 2 heterocycles. The Balaban J connectivity index is 1.64. The molecule has 0 saturated carbocycles. The van der Waals surface area contributed by atoms with Crippen molar-refractivity contribution in [2.45, 2.75) is 18.9 Å². The van der Waals surface area contributed by atoms with Crippen molar-refractivity contribution in [3.05, 3.63) is 24.3 Å². The van der Waals surface area contributed by atoms with E-state index in [-0.39, 0.29) is 42.3 Å². The maximum Gasteiger partial charge on any atom is 0.229 e. The molecule has 0 bridgehead atoms. The Morgan fingerprint density at radius 1 is 1.26 bits per heavy atom. The highest BCUT2D eigenvalue weighted by Crippen LogP contribution is 2.27. The molecule has 2 N–H and O–H groups in total. The summed E-state index contributed by atoms with van der Waals surface area (Å²) in [6.07, 6.45) is 1.46. The Morgan fingerprint density at radius 2 is 1.96 bits per heavy atom. The van der Waals surface area contributed by atoms with Gasteiger partial charge in [-0.05, 0) is 24.6 Å². The molecule has 2 fully saturated rings. The highest BCUT2D eigenvalue weighted by atomic mass is 32.2. The van der Waals surface area contributed by atoms with Crippen LogP contribution in [-0.2, 0) is 29.4 Å². The first-order chi connectivity index (χ1) is 12.5. The van der Waals surface area contributed by atoms with E-state index < -0.39 is 25.8 Å². The van der Waals surface area contributed by atoms with Gasteiger partial charge in [0.25, 0.3) is 0 Å². The third-order valence-electron chi connectivity index (χ3n) is 4.61. The smallest absolute Gasteiger partial charge is 0.229 e. The van der Waals surface area contributed by atoms with Crippen LogP contribution in [0.1, 0.15) is 12.8 Å². The maximum absolute atomic E-state index is 12.5. The SMILES string of the molecule is CS(=O)(=O)Nc1cccc(NC(=O)[C@H]2CC(=O)N([C@H]3CCS(=O)(=O)C3)C2)c1. The maximum atomic E-state index is 12.5. The van der Waals surface area contributed by atoms with Gasteiger partial charge in [-0.2, -0.15) is 0 Å². The summed E-state index contributed by atoms with van der Waals surface area (Å²) >= 11 is 0. The zero-order chi connectivity index (χ0) is 19.8. The van der Waals surface area contributed by atoms with Gasteiger partial charge in [-0.3, -0.25) is 14.3 Å². The molecule has 148 valence electrons. The average Bonchev–Trinajstić information content (AvgIpc) is 3.08. The number of amides is 2. The molecule has 2 aliphatic rings. The number of carbonyl (C=O) groups excluding carboxylic acids is 2. The first-order valence-electron chi connectivity index (χ1n) is 8.41. The van der Waals surface area contributed by atoms with E-state index in [9.17, 15) is 26.4 Å². The van der Waals surface area contributed by atoms with Crippen LogP contribution in [0.15, 0.2) is 24.3 Å². The van der Waals surface area contributed by atoms with Gasteiger partial charge in [0.15, 0.2) is 9.84 Å². The van der Waals surface area contributed by atoms with E-state index in [1.807, 2.05) is 0 Å². The molecule has 2 aliphatic heterocycles. The molecule has 1 aromatic rings. The van der Waals surface area contributed by atoms with Crippen molar-refractivity contribution >= 4 is 43.0 Å². The summed E-state index contributed by atoms with van der Waals surface area (Å²) in [5.74, 6) is -1.13. The summed E-state index contributed by atoms with van der Waals surface area (Å²) in [6, 6.07) is 5.89. The second kappa shape index (κ2) is 7.12. The van der Waals surface area contributed by atoms with Crippen molar-refractivity contribution in [3.8, 4) is 0 Å².